The number of ether oxygens (including phenoxy) is 1. The maximum absolute atomic E-state index is 13.2. The molecule has 2 amide bonds. The van der Waals surface area contributed by atoms with Gasteiger partial charge in [-0.3, -0.25) is 24.0 Å². The topological polar surface area (TPSA) is 155 Å². The first-order valence-electron chi connectivity index (χ1n) is 12.7. The SMILES string of the molecule is CC(C)C(NC(=O)C1Cc2c(C(C)(C)C)c[nH]c2C1=O)C(=O)NC(CC(=O)O)C(=O)COc1ccc(Cl)cc1. The lowest BCUT2D eigenvalue weighted by atomic mass is 9.85. The van der Waals surface area contributed by atoms with Crippen molar-refractivity contribution in [3.63, 3.8) is 0 Å². The van der Waals surface area contributed by atoms with Crippen LogP contribution in [-0.2, 0) is 31.0 Å². The average molecular weight is 560 g/mol. The van der Waals surface area contributed by atoms with Crippen LogP contribution in [0.5, 0.6) is 5.75 Å². The molecule has 1 aromatic heterocycles. The lowest BCUT2D eigenvalue weighted by Crippen LogP contribution is -2.55. The van der Waals surface area contributed by atoms with Crippen LogP contribution in [0, 0.1) is 11.8 Å². The number of carbonyl (C=O) groups is 5. The van der Waals surface area contributed by atoms with Gasteiger partial charge in [-0.1, -0.05) is 46.2 Å². The molecule has 1 aromatic carbocycles. The third-order valence-corrected chi connectivity index (χ3v) is 6.86. The maximum Gasteiger partial charge on any atom is 0.305 e. The lowest BCUT2D eigenvalue weighted by Gasteiger charge is -2.25. The van der Waals surface area contributed by atoms with Gasteiger partial charge < -0.3 is 25.5 Å². The van der Waals surface area contributed by atoms with Crippen LogP contribution in [0.1, 0.15) is 62.7 Å². The summed E-state index contributed by atoms with van der Waals surface area (Å²) in [5.74, 6) is -4.70. The van der Waals surface area contributed by atoms with Crippen molar-refractivity contribution in [1.29, 1.82) is 0 Å². The Balaban J connectivity index is 1.68. The van der Waals surface area contributed by atoms with E-state index in [4.69, 9.17) is 16.3 Å². The van der Waals surface area contributed by atoms with Crippen molar-refractivity contribution in [3.05, 3.63) is 52.3 Å². The summed E-state index contributed by atoms with van der Waals surface area (Å²) < 4.78 is 5.41. The van der Waals surface area contributed by atoms with Crippen LogP contribution in [-0.4, -0.2) is 58.1 Å². The number of Topliss-reactive ketones (excluding diaryl/α,β-unsaturated/α-hetero) is 2. The van der Waals surface area contributed by atoms with Crippen LogP contribution in [0.25, 0.3) is 0 Å². The zero-order chi connectivity index (χ0) is 29.1. The number of carbonyl (C=O) groups excluding carboxylic acids is 4. The first-order chi connectivity index (χ1) is 18.2. The Labute approximate surface area is 231 Å². The minimum absolute atomic E-state index is 0.213. The number of carboxylic acid groups (broad SMARTS) is 1. The predicted octanol–water partition coefficient (Wildman–Crippen LogP) is 3.07. The second kappa shape index (κ2) is 12.0. The number of H-pyrrole nitrogens is 1. The summed E-state index contributed by atoms with van der Waals surface area (Å²) in [7, 11) is 0. The van der Waals surface area contributed by atoms with Crippen LogP contribution in [0.4, 0.5) is 0 Å². The van der Waals surface area contributed by atoms with Crippen molar-refractivity contribution in [2.24, 2.45) is 11.8 Å². The van der Waals surface area contributed by atoms with E-state index in [1.54, 1.807) is 44.3 Å². The Kier molecular flexibility index (Phi) is 9.22. The van der Waals surface area contributed by atoms with E-state index in [9.17, 15) is 29.1 Å². The number of benzene rings is 1. The molecule has 0 bridgehead atoms. The highest BCUT2D eigenvalue weighted by atomic mass is 35.5. The Morgan fingerprint density at radius 3 is 2.33 bits per heavy atom. The molecule has 1 aliphatic carbocycles. The third-order valence-electron chi connectivity index (χ3n) is 6.61. The molecule has 1 heterocycles. The predicted molar refractivity (Wildman–Crippen MR) is 144 cm³/mol. The van der Waals surface area contributed by atoms with Crippen LogP contribution < -0.4 is 15.4 Å². The number of aromatic amines is 1. The van der Waals surface area contributed by atoms with Gasteiger partial charge in [0, 0.05) is 11.2 Å². The Morgan fingerprint density at radius 2 is 1.77 bits per heavy atom. The Morgan fingerprint density at radius 1 is 1.13 bits per heavy atom. The summed E-state index contributed by atoms with van der Waals surface area (Å²) in [5, 5.41) is 14.9. The second-order valence-electron chi connectivity index (χ2n) is 11.0. The Bertz CT molecular complexity index is 1260. The molecule has 10 nitrogen and oxygen atoms in total. The lowest BCUT2D eigenvalue weighted by molar-refractivity contribution is -0.141. The van der Waals surface area contributed by atoms with Gasteiger partial charge in [0.1, 0.15) is 30.4 Å². The van der Waals surface area contributed by atoms with E-state index in [2.05, 4.69) is 15.6 Å². The van der Waals surface area contributed by atoms with E-state index in [0.29, 0.717) is 16.5 Å². The molecule has 3 rings (SSSR count). The number of carboxylic acids is 1. The summed E-state index contributed by atoms with van der Waals surface area (Å²) in [6, 6.07) is 3.76. The summed E-state index contributed by atoms with van der Waals surface area (Å²) in [6.45, 7) is 8.95. The highest BCUT2D eigenvalue weighted by Gasteiger charge is 2.41. The largest absolute Gasteiger partial charge is 0.486 e. The van der Waals surface area contributed by atoms with Gasteiger partial charge in [-0.2, -0.15) is 0 Å². The minimum atomic E-state index is -1.39. The van der Waals surface area contributed by atoms with Crippen molar-refractivity contribution in [1.82, 2.24) is 15.6 Å². The molecule has 11 heteroatoms. The number of ketones is 2. The molecule has 39 heavy (non-hydrogen) atoms. The van der Waals surface area contributed by atoms with Crippen molar-refractivity contribution < 1.29 is 33.8 Å². The number of rotatable bonds is 11. The van der Waals surface area contributed by atoms with E-state index in [0.717, 1.165) is 11.1 Å². The van der Waals surface area contributed by atoms with Crippen molar-refractivity contribution in [2.45, 2.75) is 65.0 Å². The summed E-state index contributed by atoms with van der Waals surface area (Å²) in [6.07, 6.45) is 1.33. The molecule has 0 radical (unpaired) electrons. The molecule has 0 saturated carbocycles. The molecule has 0 saturated heterocycles. The van der Waals surface area contributed by atoms with E-state index >= 15 is 0 Å². The molecule has 4 N–H and O–H groups in total. The van der Waals surface area contributed by atoms with Gasteiger partial charge in [0.05, 0.1) is 12.1 Å². The number of fused-ring (bicyclic) bond motifs is 1. The minimum Gasteiger partial charge on any atom is -0.486 e. The number of aromatic nitrogens is 1. The first kappa shape index (κ1) is 29.9. The summed E-state index contributed by atoms with van der Waals surface area (Å²) >= 11 is 5.84. The molecule has 3 atom stereocenters. The first-order valence-corrected chi connectivity index (χ1v) is 13.0. The van der Waals surface area contributed by atoms with Crippen LogP contribution in [0.3, 0.4) is 0 Å². The van der Waals surface area contributed by atoms with Crippen molar-refractivity contribution in [3.8, 4) is 5.75 Å². The van der Waals surface area contributed by atoms with Crippen molar-refractivity contribution >= 4 is 41.0 Å². The van der Waals surface area contributed by atoms with Gasteiger partial charge in [0.25, 0.3) is 0 Å². The van der Waals surface area contributed by atoms with Crippen molar-refractivity contribution in [2.75, 3.05) is 6.61 Å². The molecular formula is C28H34ClN3O7. The van der Waals surface area contributed by atoms with Gasteiger partial charge in [0.2, 0.25) is 11.8 Å². The molecular weight excluding hydrogens is 526 g/mol. The number of amides is 2. The standard InChI is InChI=1S/C28H34ClN3O7/c1-14(2)23(32-26(37)18-10-17-19(28(3,4)5)12-30-24(17)25(18)36)27(38)31-20(11-22(34)35)21(33)13-39-16-8-6-15(29)7-9-16/h6-9,12,14,18,20,23,30H,10-11,13H2,1-5H3,(H,31,38)(H,32,37)(H,34,35). The Hall–Kier alpha value is -3.66. The zero-order valence-electron chi connectivity index (χ0n) is 22.6. The highest BCUT2D eigenvalue weighted by Crippen LogP contribution is 2.35. The molecule has 0 fully saturated rings. The second-order valence-corrected chi connectivity index (χ2v) is 11.5. The third kappa shape index (κ3) is 7.26. The zero-order valence-corrected chi connectivity index (χ0v) is 23.3. The van der Waals surface area contributed by atoms with Gasteiger partial charge in [-0.25, -0.2) is 0 Å². The normalized spacial score (nSPS) is 16.4. The van der Waals surface area contributed by atoms with E-state index in [1.165, 1.54) is 0 Å². The molecule has 0 aliphatic heterocycles. The number of aliphatic carboxylic acids is 1. The number of hydrogen-bond donors (Lipinski definition) is 4. The summed E-state index contributed by atoms with van der Waals surface area (Å²) in [5.41, 5.74) is 1.93. The molecule has 210 valence electrons. The van der Waals surface area contributed by atoms with Crippen LogP contribution in [0.15, 0.2) is 30.5 Å². The highest BCUT2D eigenvalue weighted by molar-refractivity contribution is 6.30. The fourth-order valence-corrected chi connectivity index (χ4v) is 4.62. The fraction of sp³-hybridized carbons (Fsp3) is 0.464. The van der Waals surface area contributed by atoms with E-state index in [-0.39, 0.29) is 17.6 Å². The fourth-order valence-electron chi connectivity index (χ4n) is 4.49. The summed E-state index contributed by atoms with van der Waals surface area (Å²) in [4.78, 5) is 66.5. The van der Waals surface area contributed by atoms with Crippen LogP contribution >= 0.6 is 11.6 Å². The molecule has 2 aromatic rings. The van der Waals surface area contributed by atoms with Gasteiger partial charge >= 0.3 is 5.97 Å². The monoisotopic (exact) mass is 559 g/mol. The quantitative estimate of drug-likeness (QED) is 0.308. The van der Waals surface area contributed by atoms with Gasteiger partial charge in [-0.15, -0.1) is 0 Å². The van der Waals surface area contributed by atoms with Crippen LogP contribution in [0.2, 0.25) is 5.02 Å². The maximum atomic E-state index is 13.2. The average Bonchev–Trinajstić information content (AvgIpc) is 3.41. The molecule has 3 unspecified atom stereocenters. The van der Waals surface area contributed by atoms with E-state index in [1.807, 2.05) is 20.8 Å². The smallest absolute Gasteiger partial charge is 0.305 e. The number of halogens is 1. The number of nitrogens with one attached hydrogen (secondary N) is 3. The van der Waals surface area contributed by atoms with Gasteiger partial charge in [-0.05, 0) is 53.1 Å². The van der Waals surface area contributed by atoms with E-state index < -0.39 is 60.5 Å². The number of hydrogen-bond acceptors (Lipinski definition) is 6. The van der Waals surface area contributed by atoms with Gasteiger partial charge in [0.15, 0.2) is 11.6 Å². The molecule has 1 aliphatic rings. The molecule has 0 spiro atoms.